The molecule has 0 radical (unpaired) electrons. The van der Waals surface area contributed by atoms with Crippen LogP contribution in [-0.4, -0.2) is 30.0 Å². The van der Waals surface area contributed by atoms with Crippen molar-refractivity contribution in [2.45, 2.75) is 26.7 Å². The SMILES string of the molecule is CC(C)=CCCN(C)CCc1c[nH]c2ccccc12. The van der Waals surface area contributed by atoms with Crippen LogP contribution in [0.25, 0.3) is 10.9 Å². The highest BCUT2D eigenvalue weighted by atomic mass is 15.1. The molecule has 0 saturated heterocycles. The van der Waals surface area contributed by atoms with E-state index >= 15 is 0 Å². The molecular formula is C17H24N2. The van der Waals surface area contributed by atoms with E-state index in [0.717, 1.165) is 25.9 Å². The summed E-state index contributed by atoms with van der Waals surface area (Å²) in [6, 6.07) is 8.52. The third kappa shape index (κ3) is 3.97. The molecule has 0 aliphatic carbocycles. The molecule has 0 unspecified atom stereocenters. The number of para-hydroxylation sites is 1. The van der Waals surface area contributed by atoms with Gasteiger partial charge in [0.25, 0.3) is 0 Å². The molecule has 0 aliphatic heterocycles. The molecule has 2 heteroatoms. The first-order chi connectivity index (χ1) is 9.16. The molecule has 2 aromatic rings. The highest BCUT2D eigenvalue weighted by Gasteiger charge is 2.04. The maximum atomic E-state index is 3.34. The number of aromatic nitrogens is 1. The zero-order chi connectivity index (χ0) is 13.7. The Kier molecular flexibility index (Phi) is 4.80. The summed E-state index contributed by atoms with van der Waals surface area (Å²) in [4.78, 5) is 5.75. The van der Waals surface area contributed by atoms with Crippen LogP contribution in [0.4, 0.5) is 0 Å². The van der Waals surface area contributed by atoms with Crippen LogP contribution in [0.1, 0.15) is 25.8 Å². The number of allylic oxidation sites excluding steroid dienone is 1. The maximum absolute atomic E-state index is 3.34. The number of H-pyrrole nitrogens is 1. The number of nitrogens with zero attached hydrogens (tertiary/aromatic N) is 1. The lowest BCUT2D eigenvalue weighted by atomic mass is 10.1. The fourth-order valence-electron chi connectivity index (χ4n) is 2.34. The van der Waals surface area contributed by atoms with E-state index in [0.29, 0.717) is 0 Å². The molecule has 0 saturated carbocycles. The van der Waals surface area contributed by atoms with E-state index in [1.165, 1.54) is 22.0 Å². The fourth-order valence-corrected chi connectivity index (χ4v) is 2.34. The van der Waals surface area contributed by atoms with Gasteiger partial charge in [-0.25, -0.2) is 0 Å². The predicted molar refractivity (Wildman–Crippen MR) is 83.5 cm³/mol. The van der Waals surface area contributed by atoms with Gasteiger partial charge in [-0.3, -0.25) is 0 Å². The van der Waals surface area contributed by atoms with Crippen LogP contribution in [0.15, 0.2) is 42.1 Å². The largest absolute Gasteiger partial charge is 0.361 e. The van der Waals surface area contributed by atoms with Gasteiger partial charge in [0.05, 0.1) is 0 Å². The molecule has 1 N–H and O–H groups in total. The lowest BCUT2D eigenvalue weighted by molar-refractivity contribution is 0.345. The molecule has 2 nitrogen and oxygen atoms in total. The Balaban J connectivity index is 1.86. The maximum Gasteiger partial charge on any atom is 0.0456 e. The summed E-state index contributed by atoms with van der Waals surface area (Å²) >= 11 is 0. The summed E-state index contributed by atoms with van der Waals surface area (Å²) in [6.45, 7) is 6.56. The van der Waals surface area contributed by atoms with E-state index in [1.807, 2.05) is 0 Å². The van der Waals surface area contributed by atoms with E-state index in [-0.39, 0.29) is 0 Å². The third-order valence-corrected chi connectivity index (χ3v) is 3.50. The highest BCUT2D eigenvalue weighted by molar-refractivity contribution is 5.83. The summed E-state index contributed by atoms with van der Waals surface area (Å²) in [5, 5.41) is 1.36. The fraction of sp³-hybridized carbons (Fsp3) is 0.412. The first-order valence-corrected chi connectivity index (χ1v) is 7.03. The van der Waals surface area contributed by atoms with Gasteiger partial charge in [0.15, 0.2) is 0 Å². The van der Waals surface area contributed by atoms with Crippen molar-refractivity contribution < 1.29 is 0 Å². The smallest absolute Gasteiger partial charge is 0.0456 e. The molecular weight excluding hydrogens is 232 g/mol. The number of likely N-dealkylation sites (N-methyl/N-ethyl adjacent to an activating group) is 1. The van der Waals surface area contributed by atoms with Crippen LogP contribution in [0, 0.1) is 0 Å². The monoisotopic (exact) mass is 256 g/mol. The van der Waals surface area contributed by atoms with Crippen molar-refractivity contribution in [3.63, 3.8) is 0 Å². The van der Waals surface area contributed by atoms with Gasteiger partial charge in [0.1, 0.15) is 0 Å². The summed E-state index contributed by atoms with van der Waals surface area (Å²) in [6.07, 6.45) is 6.71. The van der Waals surface area contributed by atoms with Crippen molar-refractivity contribution in [3.05, 3.63) is 47.7 Å². The number of aromatic amines is 1. The molecule has 0 atom stereocenters. The molecule has 2 rings (SSSR count). The zero-order valence-electron chi connectivity index (χ0n) is 12.2. The van der Waals surface area contributed by atoms with Gasteiger partial charge < -0.3 is 9.88 Å². The first kappa shape index (κ1) is 13.9. The van der Waals surface area contributed by atoms with E-state index in [1.54, 1.807) is 0 Å². The summed E-state index contributed by atoms with van der Waals surface area (Å²) in [5.41, 5.74) is 4.07. The van der Waals surface area contributed by atoms with E-state index < -0.39 is 0 Å². The van der Waals surface area contributed by atoms with Gasteiger partial charge in [0.2, 0.25) is 0 Å². The van der Waals surface area contributed by atoms with Gasteiger partial charge in [-0.05, 0) is 45.4 Å². The van der Waals surface area contributed by atoms with Gasteiger partial charge in [0, 0.05) is 30.2 Å². The molecule has 1 aromatic heterocycles. The second-order valence-corrected chi connectivity index (χ2v) is 5.48. The van der Waals surface area contributed by atoms with Crippen molar-refractivity contribution in [2.24, 2.45) is 0 Å². The minimum Gasteiger partial charge on any atom is -0.361 e. The Labute approximate surface area is 116 Å². The van der Waals surface area contributed by atoms with Gasteiger partial charge in [-0.2, -0.15) is 0 Å². The van der Waals surface area contributed by atoms with Gasteiger partial charge in [-0.1, -0.05) is 29.8 Å². The van der Waals surface area contributed by atoms with Crippen molar-refractivity contribution >= 4 is 10.9 Å². The van der Waals surface area contributed by atoms with Crippen LogP contribution in [-0.2, 0) is 6.42 Å². The van der Waals surface area contributed by atoms with Crippen LogP contribution in [0.5, 0.6) is 0 Å². The Morgan fingerprint density at radius 2 is 2.00 bits per heavy atom. The molecule has 1 aromatic carbocycles. The van der Waals surface area contributed by atoms with Gasteiger partial charge >= 0.3 is 0 Å². The van der Waals surface area contributed by atoms with Crippen molar-refractivity contribution in [1.82, 2.24) is 9.88 Å². The molecule has 0 spiro atoms. The summed E-state index contributed by atoms with van der Waals surface area (Å²) in [7, 11) is 2.20. The minimum atomic E-state index is 1.11. The van der Waals surface area contributed by atoms with Crippen LogP contribution >= 0.6 is 0 Å². The number of hydrogen-bond donors (Lipinski definition) is 1. The average Bonchev–Trinajstić information content (AvgIpc) is 2.79. The molecule has 102 valence electrons. The Bertz CT molecular complexity index is 547. The molecule has 0 fully saturated rings. The highest BCUT2D eigenvalue weighted by Crippen LogP contribution is 2.18. The second kappa shape index (κ2) is 6.58. The van der Waals surface area contributed by atoms with Crippen molar-refractivity contribution in [3.8, 4) is 0 Å². The first-order valence-electron chi connectivity index (χ1n) is 7.03. The summed E-state index contributed by atoms with van der Waals surface area (Å²) in [5.74, 6) is 0. The second-order valence-electron chi connectivity index (χ2n) is 5.48. The standard InChI is InChI=1S/C17H24N2/c1-14(2)7-6-11-19(3)12-10-15-13-18-17-9-5-4-8-16(15)17/h4-5,7-9,13,18H,6,10-12H2,1-3H3. The Morgan fingerprint density at radius 3 is 2.79 bits per heavy atom. The molecule has 0 bridgehead atoms. The van der Waals surface area contributed by atoms with E-state index in [9.17, 15) is 0 Å². The number of nitrogens with one attached hydrogen (secondary N) is 1. The minimum absolute atomic E-state index is 1.11. The zero-order valence-corrected chi connectivity index (χ0v) is 12.2. The van der Waals surface area contributed by atoms with Crippen LogP contribution in [0.2, 0.25) is 0 Å². The quantitative estimate of drug-likeness (QED) is 0.774. The van der Waals surface area contributed by atoms with E-state index in [2.05, 4.69) is 67.3 Å². The number of fused-ring (bicyclic) bond motifs is 1. The molecule has 19 heavy (non-hydrogen) atoms. The number of hydrogen-bond acceptors (Lipinski definition) is 1. The van der Waals surface area contributed by atoms with Crippen molar-refractivity contribution in [1.29, 1.82) is 0 Å². The lowest BCUT2D eigenvalue weighted by Gasteiger charge is -2.15. The van der Waals surface area contributed by atoms with E-state index in [4.69, 9.17) is 0 Å². The number of benzene rings is 1. The van der Waals surface area contributed by atoms with Crippen LogP contribution < -0.4 is 0 Å². The topological polar surface area (TPSA) is 19.0 Å². The average molecular weight is 256 g/mol. The lowest BCUT2D eigenvalue weighted by Crippen LogP contribution is -2.22. The summed E-state index contributed by atoms with van der Waals surface area (Å²) < 4.78 is 0. The Morgan fingerprint density at radius 1 is 1.21 bits per heavy atom. The Hall–Kier alpha value is -1.54. The van der Waals surface area contributed by atoms with Gasteiger partial charge in [-0.15, -0.1) is 0 Å². The molecule has 0 aliphatic rings. The van der Waals surface area contributed by atoms with Crippen LogP contribution in [0.3, 0.4) is 0 Å². The van der Waals surface area contributed by atoms with Crippen molar-refractivity contribution in [2.75, 3.05) is 20.1 Å². The normalized spacial score (nSPS) is 11.2. The predicted octanol–water partition coefficient (Wildman–Crippen LogP) is 4.00. The third-order valence-electron chi connectivity index (χ3n) is 3.50. The molecule has 0 amide bonds. The number of rotatable bonds is 6. The molecule has 1 heterocycles.